The molecular formula is C21H33NO2. The first-order chi connectivity index (χ1) is 11.5. The van der Waals surface area contributed by atoms with Gasteiger partial charge in [0.2, 0.25) is 0 Å². The highest BCUT2D eigenvalue weighted by Crippen LogP contribution is 2.33. The topological polar surface area (TPSA) is 52.3 Å². The van der Waals surface area contributed by atoms with Crippen LogP contribution >= 0.6 is 0 Å². The number of benzene rings is 1. The zero-order valence-electron chi connectivity index (χ0n) is 15.4. The van der Waals surface area contributed by atoms with E-state index in [4.69, 9.17) is 10.5 Å². The third-order valence-electron chi connectivity index (χ3n) is 5.33. The van der Waals surface area contributed by atoms with Gasteiger partial charge in [0.1, 0.15) is 12.1 Å². The van der Waals surface area contributed by atoms with Gasteiger partial charge in [-0.3, -0.25) is 4.79 Å². The zero-order chi connectivity index (χ0) is 17.5. The van der Waals surface area contributed by atoms with Gasteiger partial charge in [-0.05, 0) is 50.0 Å². The minimum absolute atomic E-state index is 0.0842. The fourth-order valence-electron chi connectivity index (χ4n) is 3.80. The van der Waals surface area contributed by atoms with Crippen molar-refractivity contribution < 1.29 is 9.53 Å². The third kappa shape index (κ3) is 5.62. The van der Waals surface area contributed by atoms with Crippen molar-refractivity contribution in [2.45, 2.75) is 71.4 Å². The summed E-state index contributed by atoms with van der Waals surface area (Å²) in [6.45, 7) is 6.60. The zero-order valence-corrected chi connectivity index (χ0v) is 15.4. The summed E-state index contributed by atoms with van der Waals surface area (Å²) in [4.78, 5) is 12.2. The molecule has 1 fully saturated rings. The Morgan fingerprint density at radius 2 is 1.92 bits per heavy atom. The van der Waals surface area contributed by atoms with E-state index in [-0.39, 0.29) is 12.1 Å². The van der Waals surface area contributed by atoms with Crippen LogP contribution in [0.15, 0.2) is 30.3 Å². The van der Waals surface area contributed by atoms with Crippen LogP contribution in [0.2, 0.25) is 0 Å². The molecular weight excluding hydrogens is 298 g/mol. The lowest BCUT2D eigenvalue weighted by molar-refractivity contribution is -0.153. The monoisotopic (exact) mass is 331 g/mol. The number of cyclic esters (lactones) is 1. The molecule has 1 aliphatic rings. The minimum atomic E-state index is -0.464. The molecule has 2 N–H and O–H groups in total. The van der Waals surface area contributed by atoms with E-state index in [1.54, 1.807) is 0 Å². The standard InChI is InChI=1S/C21H33NO2/c1-15(2)12-13-18-10-7-11-20(22)21(23)24-16(3)19(18)14-17-8-5-4-6-9-17/h4-6,8-9,15-16,18-20H,7,10-14,22H2,1-3H3. The maximum absolute atomic E-state index is 12.2. The lowest BCUT2D eigenvalue weighted by Gasteiger charge is -2.32. The fraction of sp³-hybridized carbons (Fsp3) is 0.667. The van der Waals surface area contributed by atoms with E-state index in [0.717, 1.165) is 25.7 Å². The Hall–Kier alpha value is -1.35. The average molecular weight is 332 g/mol. The molecule has 0 amide bonds. The first kappa shape index (κ1) is 19.0. The quantitative estimate of drug-likeness (QED) is 0.817. The summed E-state index contributed by atoms with van der Waals surface area (Å²) in [5, 5.41) is 0. The molecule has 1 aromatic rings. The molecule has 0 spiro atoms. The van der Waals surface area contributed by atoms with Gasteiger partial charge in [0, 0.05) is 5.92 Å². The number of carbonyl (C=O) groups is 1. The summed E-state index contributed by atoms with van der Waals surface area (Å²) in [5.74, 6) is 1.42. The van der Waals surface area contributed by atoms with Crippen molar-refractivity contribution in [2.24, 2.45) is 23.5 Å². The number of carbonyl (C=O) groups excluding carboxylic acids is 1. The van der Waals surface area contributed by atoms with Crippen molar-refractivity contribution in [3.05, 3.63) is 35.9 Å². The Morgan fingerprint density at radius 1 is 1.21 bits per heavy atom. The van der Waals surface area contributed by atoms with Crippen molar-refractivity contribution in [3.8, 4) is 0 Å². The lowest BCUT2D eigenvalue weighted by Crippen LogP contribution is -2.37. The molecule has 0 aliphatic carbocycles. The van der Waals surface area contributed by atoms with Crippen LogP contribution < -0.4 is 5.73 Å². The predicted molar refractivity (Wildman–Crippen MR) is 98.6 cm³/mol. The van der Waals surface area contributed by atoms with Crippen LogP contribution in [0.25, 0.3) is 0 Å². The summed E-state index contributed by atoms with van der Waals surface area (Å²) in [7, 11) is 0. The second-order valence-corrected chi connectivity index (χ2v) is 7.76. The third-order valence-corrected chi connectivity index (χ3v) is 5.33. The Bertz CT molecular complexity index is 500. The van der Waals surface area contributed by atoms with Gasteiger partial charge in [0.05, 0.1) is 0 Å². The van der Waals surface area contributed by atoms with E-state index in [0.29, 0.717) is 17.8 Å². The highest BCUT2D eigenvalue weighted by molar-refractivity contribution is 5.75. The van der Waals surface area contributed by atoms with Gasteiger partial charge < -0.3 is 10.5 Å². The van der Waals surface area contributed by atoms with E-state index < -0.39 is 6.04 Å². The first-order valence-electron chi connectivity index (χ1n) is 9.47. The highest BCUT2D eigenvalue weighted by atomic mass is 16.5. The molecule has 3 heteroatoms. The van der Waals surface area contributed by atoms with Crippen LogP contribution in [0.3, 0.4) is 0 Å². The minimum Gasteiger partial charge on any atom is -0.461 e. The number of hydrogen-bond acceptors (Lipinski definition) is 3. The van der Waals surface area contributed by atoms with Crippen LogP contribution in [-0.4, -0.2) is 18.1 Å². The van der Waals surface area contributed by atoms with Crippen LogP contribution in [0.4, 0.5) is 0 Å². The molecule has 0 bridgehead atoms. The summed E-state index contributed by atoms with van der Waals surface area (Å²) in [6, 6.07) is 10.1. The van der Waals surface area contributed by atoms with Crippen LogP contribution in [0, 0.1) is 17.8 Å². The smallest absolute Gasteiger partial charge is 0.323 e. The van der Waals surface area contributed by atoms with Crippen molar-refractivity contribution in [1.82, 2.24) is 0 Å². The number of esters is 1. The molecule has 1 saturated heterocycles. The second kappa shape index (κ2) is 9.22. The normalized spacial score (nSPS) is 28.8. The van der Waals surface area contributed by atoms with Crippen LogP contribution in [-0.2, 0) is 16.0 Å². The van der Waals surface area contributed by atoms with Crippen molar-refractivity contribution >= 4 is 5.97 Å². The summed E-state index contributed by atoms with van der Waals surface area (Å²) < 4.78 is 5.74. The largest absolute Gasteiger partial charge is 0.461 e. The molecule has 3 nitrogen and oxygen atoms in total. The fourth-order valence-corrected chi connectivity index (χ4v) is 3.80. The summed E-state index contributed by atoms with van der Waals surface area (Å²) >= 11 is 0. The predicted octanol–water partition coefficient (Wildman–Crippen LogP) is 4.34. The maximum Gasteiger partial charge on any atom is 0.323 e. The Balaban J connectivity index is 2.18. The molecule has 1 heterocycles. The number of rotatable bonds is 5. The maximum atomic E-state index is 12.2. The number of nitrogens with two attached hydrogens (primary N) is 1. The molecule has 0 radical (unpaired) electrons. The molecule has 1 aliphatic heterocycles. The Morgan fingerprint density at radius 3 is 2.58 bits per heavy atom. The Kier molecular flexibility index (Phi) is 7.29. The molecule has 0 saturated carbocycles. The molecule has 4 unspecified atom stereocenters. The second-order valence-electron chi connectivity index (χ2n) is 7.76. The lowest BCUT2D eigenvalue weighted by atomic mass is 9.77. The van der Waals surface area contributed by atoms with Gasteiger partial charge in [-0.25, -0.2) is 0 Å². The molecule has 2 rings (SSSR count). The molecule has 1 aromatic carbocycles. The van der Waals surface area contributed by atoms with E-state index in [1.807, 2.05) is 13.0 Å². The highest BCUT2D eigenvalue weighted by Gasteiger charge is 2.32. The summed E-state index contributed by atoms with van der Waals surface area (Å²) in [6.07, 6.45) is 6.19. The van der Waals surface area contributed by atoms with Gasteiger partial charge in [0.25, 0.3) is 0 Å². The molecule has 0 aromatic heterocycles. The SMILES string of the molecule is CC(C)CCC1CCCC(N)C(=O)OC(C)C1Cc1ccccc1. The number of ether oxygens (including phenoxy) is 1. The van der Waals surface area contributed by atoms with Crippen LogP contribution in [0.1, 0.15) is 58.4 Å². The van der Waals surface area contributed by atoms with Crippen LogP contribution in [0.5, 0.6) is 0 Å². The molecule has 4 atom stereocenters. The first-order valence-corrected chi connectivity index (χ1v) is 9.47. The van der Waals surface area contributed by atoms with E-state index in [1.165, 1.54) is 18.4 Å². The molecule has 24 heavy (non-hydrogen) atoms. The molecule has 134 valence electrons. The Labute approximate surface area is 147 Å². The van der Waals surface area contributed by atoms with Crippen molar-refractivity contribution in [2.75, 3.05) is 0 Å². The van der Waals surface area contributed by atoms with Gasteiger partial charge in [-0.1, -0.05) is 57.0 Å². The van der Waals surface area contributed by atoms with Crippen molar-refractivity contribution in [1.29, 1.82) is 0 Å². The van der Waals surface area contributed by atoms with Crippen molar-refractivity contribution in [3.63, 3.8) is 0 Å². The van der Waals surface area contributed by atoms with Gasteiger partial charge in [0.15, 0.2) is 0 Å². The van der Waals surface area contributed by atoms with E-state index in [9.17, 15) is 4.79 Å². The van der Waals surface area contributed by atoms with Gasteiger partial charge in [-0.2, -0.15) is 0 Å². The van der Waals surface area contributed by atoms with Gasteiger partial charge >= 0.3 is 5.97 Å². The van der Waals surface area contributed by atoms with Gasteiger partial charge in [-0.15, -0.1) is 0 Å². The van der Waals surface area contributed by atoms with E-state index in [2.05, 4.69) is 38.1 Å². The summed E-state index contributed by atoms with van der Waals surface area (Å²) in [5.41, 5.74) is 7.29. The average Bonchev–Trinajstić information content (AvgIpc) is 2.60. The van der Waals surface area contributed by atoms with E-state index >= 15 is 0 Å². The number of hydrogen-bond donors (Lipinski definition) is 1.